The first-order chi connectivity index (χ1) is 17.4. The first kappa shape index (κ1) is 23.9. The zero-order valence-electron chi connectivity index (χ0n) is 21.1. The van der Waals surface area contributed by atoms with Crippen molar-refractivity contribution in [3.05, 3.63) is 101 Å². The van der Waals surface area contributed by atoms with E-state index >= 15 is 0 Å². The summed E-state index contributed by atoms with van der Waals surface area (Å²) in [7, 11) is 0. The van der Waals surface area contributed by atoms with Gasteiger partial charge in [0.05, 0.1) is 12.2 Å². The highest BCUT2D eigenvalue weighted by Gasteiger charge is 2.30. The minimum absolute atomic E-state index is 0.0656. The number of fused-ring (bicyclic) bond motifs is 1. The van der Waals surface area contributed by atoms with Gasteiger partial charge in [0.1, 0.15) is 0 Å². The maximum Gasteiger partial charge on any atom is 0.294 e. The fourth-order valence-corrected chi connectivity index (χ4v) is 5.30. The molecule has 0 spiro atoms. The predicted octanol–water partition coefficient (Wildman–Crippen LogP) is 6.08. The molecule has 0 saturated carbocycles. The molecule has 2 unspecified atom stereocenters. The molecule has 0 aliphatic carbocycles. The van der Waals surface area contributed by atoms with Crippen LogP contribution in [-0.2, 0) is 11.3 Å². The average molecular weight is 481 g/mol. The number of para-hydroxylation sites is 2. The van der Waals surface area contributed by atoms with Gasteiger partial charge < -0.3 is 9.64 Å². The van der Waals surface area contributed by atoms with Gasteiger partial charge in [-0.05, 0) is 66.6 Å². The molecule has 3 aromatic carbocycles. The predicted molar refractivity (Wildman–Crippen MR) is 143 cm³/mol. The topological polar surface area (TPSA) is 49.9 Å². The second kappa shape index (κ2) is 10.0. The minimum Gasteiger partial charge on any atom is -0.449 e. The van der Waals surface area contributed by atoms with Crippen LogP contribution in [0.25, 0.3) is 6.08 Å². The highest BCUT2D eigenvalue weighted by molar-refractivity contribution is 6.09. The second-order valence-corrected chi connectivity index (χ2v) is 10.2. The Morgan fingerprint density at radius 3 is 2.42 bits per heavy atom. The summed E-state index contributed by atoms with van der Waals surface area (Å²) in [5.74, 6) is 1.82. The lowest BCUT2D eigenvalue weighted by atomic mass is 9.91. The van der Waals surface area contributed by atoms with E-state index in [1.165, 1.54) is 0 Å². The Morgan fingerprint density at radius 1 is 0.972 bits per heavy atom. The number of rotatable bonds is 4. The Morgan fingerprint density at radius 2 is 1.69 bits per heavy atom. The summed E-state index contributed by atoms with van der Waals surface area (Å²) in [6.07, 6.45) is 2.91. The summed E-state index contributed by atoms with van der Waals surface area (Å²) in [6.45, 7) is 8.50. The van der Waals surface area contributed by atoms with E-state index in [4.69, 9.17) is 4.74 Å². The van der Waals surface area contributed by atoms with Gasteiger partial charge in [0.2, 0.25) is 0 Å². The highest BCUT2D eigenvalue weighted by atomic mass is 16.5. The van der Waals surface area contributed by atoms with Crippen LogP contribution in [0.2, 0.25) is 0 Å². The molecule has 0 radical (unpaired) electrons. The van der Waals surface area contributed by atoms with Crippen LogP contribution in [0.5, 0.6) is 5.75 Å². The van der Waals surface area contributed by atoms with Gasteiger partial charge in [-0.25, -0.2) is 0 Å². The zero-order valence-corrected chi connectivity index (χ0v) is 21.1. The average Bonchev–Trinajstić information content (AvgIpc) is 2.86. The first-order valence-corrected chi connectivity index (χ1v) is 12.6. The number of nitrogens with zero attached hydrogens (tertiary/aromatic N) is 2. The van der Waals surface area contributed by atoms with Crippen LogP contribution < -0.4 is 9.64 Å². The first-order valence-electron chi connectivity index (χ1n) is 12.6. The molecule has 2 aliphatic rings. The SMILES string of the molecule is Cc1cccc(CN2C(=O)C(=Cc3ccc(C(=O)N4CC(C)CC(C)C4)cc3)Oc3ccccc32)c1. The summed E-state index contributed by atoms with van der Waals surface area (Å²) in [6, 6.07) is 23.2. The van der Waals surface area contributed by atoms with E-state index in [1.807, 2.05) is 78.6 Å². The number of amides is 2. The number of carbonyl (C=O) groups is 2. The summed E-state index contributed by atoms with van der Waals surface area (Å²) >= 11 is 0. The third kappa shape index (κ3) is 5.06. The Labute approximate surface area is 213 Å². The van der Waals surface area contributed by atoms with Crippen molar-refractivity contribution in [3.63, 3.8) is 0 Å². The third-order valence-electron chi connectivity index (χ3n) is 6.87. The lowest BCUT2D eigenvalue weighted by molar-refractivity contribution is -0.117. The number of ether oxygens (including phenoxy) is 1. The van der Waals surface area contributed by atoms with Crippen molar-refractivity contribution in [2.75, 3.05) is 18.0 Å². The standard InChI is InChI=1S/C31H32N2O3/c1-21-7-6-8-25(16-21)20-33-27-9-4-5-10-28(27)36-29(31(33)35)17-24-11-13-26(14-12-24)30(34)32-18-22(2)15-23(3)19-32/h4-14,16-17,22-23H,15,18-20H2,1-3H3. The molecule has 1 fully saturated rings. The van der Waals surface area contributed by atoms with Crippen LogP contribution in [0.15, 0.2) is 78.6 Å². The summed E-state index contributed by atoms with van der Waals surface area (Å²) in [5.41, 5.74) is 4.45. The maximum atomic E-state index is 13.5. The van der Waals surface area contributed by atoms with Crippen LogP contribution in [0.4, 0.5) is 5.69 Å². The molecule has 2 aliphatic heterocycles. The molecule has 0 aromatic heterocycles. The molecule has 2 heterocycles. The quantitative estimate of drug-likeness (QED) is 0.425. The van der Waals surface area contributed by atoms with E-state index in [9.17, 15) is 9.59 Å². The van der Waals surface area contributed by atoms with Crippen LogP contribution in [0, 0.1) is 18.8 Å². The maximum absolute atomic E-state index is 13.5. The number of piperidine rings is 1. The summed E-state index contributed by atoms with van der Waals surface area (Å²) < 4.78 is 6.03. The van der Waals surface area contributed by atoms with Gasteiger partial charge in [-0.3, -0.25) is 14.5 Å². The molecule has 5 heteroatoms. The van der Waals surface area contributed by atoms with Gasteiger partial charge in [-0.1, -0.05) is 67.9 Å². The Bertz CT molecular complexity index is 1300. The lowest BCUT2D eigenvalue weighted by Crippen LogP contribution is -2.42. The van der Waals surface area contributed by atoms with Crippen molar-refractivity contribution in [2.24, 2.45) is 11.8 Å². The molecule has 1 saturated heterocycles. The van der Waals surface area contributed by atoms with Crippen LogP contribution in [-0.4, -0.2) is 29.8 Å². The molecule has 5 nitrogen and oxygen atoms in total. The van der Waals surface area contributed by atoms with Gasteiger partial charge in [0.25, 0.3) is 11.8 Å². The molecule has 2 atom stereocenters. The van der Waals surface area contributed by atoms with E-state index in [1.54, 1.807) is 11.0 Å². The summed E-state index contributed by atoms with van der Waals surface area (Å²) in [4.78, 5) is 30.3. The molecule has 2 amide bonds. The number of hydrogen-bond acceptors (Lipinski definition) is 3. The van der Waals surface area contributed by atoms with E-state index in [0.29, 0.717) is 29.7 Å². The largest absolute Gasteiger partial charge is 0.449 e. The number of hydrogen-bond donors (Lipinski definition) is 0. The molecule has 5 rings (SSSR count). The number of aryl methyl sites for hydroxylation is 1. The van der Waals surface area contributed by atoms with Gasteiger partial charge in [-0.2, -0.15) is 0 Å². The Hall–Kier alpha value is -3.86. The van der Waals surface area contributed by atoms with Crippen molar-refractivity contribution in [1.82, 2.24) is 4.90 Å². The van der Waals surface area contributed by atoms with E-state index in [0.717, 1.165) is 41.9 Å². The normalized spacial score (nSPS) is 20.8. The van der Waals surface area contributed by atoms with E-state index < -0.39 is 0 Å². The van der Waals surface area contributed by atoms with E-state index in [-0.39, 0.29) is 17.6 Å². The fraction of sp³-hybridized carbons (Fsp3) is 0.290. The third-order valence-corrected chi connectivity index (χ3v) is 6.87. The smallest absolute Gasteiger partial charge is 0.294 e. The number of anilines is 1. The van der Waals surface area contributed by atoms with E-state index in [2.05, 4.69) is 19.9 Å². The Kier molecular flexibility index (Phi) is 6.64. The minimum atomic E-state index is -0.188. The molecular formula is C31H32N2O3. The van der Waals surface area contributed by atoms with Crippen molar-refractivity contribution in [1.29, 1.82) is 0 Å². The second-order valence-electron chi connectivity index (χ2n) is 10.2. The van der Waals surface area contributed by atoms with Crippen molar-refractivity contribution >= 4 is 23.6 Å². The van der Waals surface area contributed by atoms with Gasteiger partial charge >= 0.3 is 0 Å². The molecular weight excluding hydrogens is 448 g/mol. The molecule has 0 bridgehead atoms. The highest BCUT2D eigenvalue weighted by Crippen LogP contribution is 2.36. The molecule has 36 heavy (non-hydrogen) atoms. The van der Waals surface area contributed by atoms with Gasteiger partial charge in [0, 0.05) is 18.7 Å². The van der Waals surface area contributed by atoms with Crippen LogP contribution in [0.1, 0.15) is 47.3 Å². The van der Waals surface area contributed by atoms with Crippen LogP contribution in [0.3, 0.4) is 0 Å². The fourth-order valence-electron chi connectivity index (χ4n) is 5.30. The van der Waals surface area contributed by atoms with Crippen molar-refractivity contribution in [2.45, 2.75) is 33.7 Å². The molecule has 184 valence electrons. The summed E-state index contributed by atoms with van der Waals surface area (Å²) in [5, 5.41) is 0. The Balaban J connectivity index is 1.38. The lowest BCUT2D eigenvalue weighted by Gasteiger charge is -2.35. The van der Waals surface area contributed by atoms with Gasteiger partial charge in [-0.15, -0.1) is 0 Å². The molecule has 3 aromatic rings. The monoisotopic (exact) mass is 480 g/mol. The molecule has 0 N–H and O–H groups in total. The number of likely N-dealkylation sites (tertiary alicyclic amines) is 1. The number of carbonyl (C=O) groups excluding carboxylic acids is 2. The van der Waals surface area contributed by atoms with Gasteiger partial charge in [0.15, 0.2) is 11.5 Å². The van der Waals surface area contributed by atoms with Crippen LogP contribution >= 0.6 is 0 Å². The van der Waals surface area contributed by atoms with Crippen molar-refractivity contribution < 1.29 is 14.3 Å². The van der Waals surface area contributed by atoms with Crippen molar-refractivity contribution in [3.8, 4) is 5.75 Å². The number of benzene rings is 3. The zero-order chi connectivity index (χ0) is 25.2.